The van der Waals surface area contributed by atoms with Gasteiger partial charge in [0.15, 0.2) is 5.78 Å². The number of Topliss-reactive ketones (excluding diaryl/α,β-unsaturated/α-hetero) is 1. The van der Waals surface area contributed by atoms with Crippen LogP contribution in [0.5, 0.6) is 0 Å². The van der Waals surface area contributed by atoms with Crippen LogP contribution in [0.2, 0.25) is 0 Å². The van der Waals surface area contributed by atoms with E-state index in [1.54, 1.807) is 12.1 Å². The number of aryl methyl sites for hydroxylation is 1. The molecule has 92 valence electrons. The molecule has 17 heavy (non-hydrogen) atoms. The van der Waals surface area contributed by atoms with Crippen molar-refractivity contribution in [3.05, 3.63) is 35.4 Å². The summed E-state index contributed by atoms with van der Waals surface area (Å²) in [4.78, 5) is 22.7. The molecule has 1 atom stereocenters. The predicted octanol–water partition coefficient (Wildman–Crippen LogP) is 1.63. The number of ketones is 1. The first-order valence-corrected chi connectivity index (χ1v) is 5.60. The summed E-state index contributed by atoms with van der Waals surface area (Å²) in [5.74, 6) is -1.15. The monoisotopic (exact) mass is 235 g/mol. The highest BCUT2D eigenvalue weighted by Gasteiger charge is 2.21. The number of hydrogen-bond donors (Lipinski definition) is 2. The second-order valence-electron chi connectivity index (χ2n) is 3.94. The summed E-state index contributed by atoms with van der Waals surface area (Å²) >= 11 is 0. The Hall–Kier alpha value is -1.68. The molecule has 0 aromatic heterocycles. The Balaban J connectivity index is 2.83. The number of carbonyl (C=O) groups is 2. The molecule has 1 aromatic carbocycles. The Morgan fingerprint density at radius 3 is 2.35 bits per heavy atom. The first-order chi connectivity index (χ1) is 8.04. The van der Waals surface area contributed by atoms with Gasteiger partial charge in [-0.1, -0.05) is 36.8 Å². The third-order valence-electron chi connectivity index (χ3n) is 2.48. The Kier molecular flexibility index (Phi) is 4.84. The van der Waals surface area contributed by atoms with E-state index in [-0.39, 0.29) is 12.2 Å². The molecule has 1 aromatic rings. The highest BCUT2D eigenvalue weighted by molar-refractivity contribution is 6.01. The molecule has 0 radical (unpaired) electrons. The van der Waals surface area contributed by atoms with E-state index < -0.39 is 12.0 Å². The fourth-order valence-corrected chi connectivity index (χ4v) is 1.60. The first kappa shape index (κ1) is 13.4. The number of nitrogens with one attached hydrogen (secondary N) is 1. The van der Waals surface area contributed by atoms with Crippen molar-refractivity contribution in [3.63, 3.8) is 0 Å². The van der Waals surface area contributed by atoms with Crippen LogP contribution in [0.1, 0.15) is 29.3 Å². The fourth-order valence-electron chi connectivity index (χ4n) is 1.60. The summed E-state index contributed by atoms with van der Waals surface area (Å²) in [6, 6.07) is 6.49. The topological polar surface area (TPSA) is 66.4 Å². The highest BCUT2D eigenvalue weighted by Crippen LogP contribution is 2.08. The summed E-state index contributed by atoms with van der Waals surface area (Å²) < 4.78 is 0. The number of carbonyl (C=O) groups excluding carboxylic acids is 1. The Morgan fingerprint density at radius 1 is 1.29 bits per heavy atom. The van der Waals surface area contributed by atoms with E-state index in [2.05, 4.69) is 5.32 Å². The van der Waals surface area contributed by atoms with E-state index in [1.807, 2.05) is 26.0 Å². The number of carboxylic acid groups (broad SMARTS) is 1. The van der Waals surface area contributed by atoms with Gasteiger partial charge in [-0.2, -0.15) is 0 Å². The summed E-state index contributed by atoms with van der Waals surface area (Å²) in [5.41, 5.74) is 1.61. The first-order valence-electron chi connectivity index (χ1n) is 5.60. The van der Waals surface area contributed by atoms with Crippen molar-refractivity contribution in [2.45, 2.75) is 26.3 Å². The zero-order chi connectivity index (χ0) is 12.8. The Bertz CT molecular complexity index is 398. The van der Waals surface area contributed by atoms with Gasteiger partial charge < -0.3 is 10.4 Å². The fraction of sp³-hybridized carbons (Fsp3) is 0.385. The molecule has 0 spiro atoms. The molecule has 1 unspecified atom stereocenters. The standard InChI is InChI=1S/C13H17NO3/c1-3-14-11(8-12(15)16)13(17)10-6-4-9(2)5-7-10/h4-7,11,14H,3,8H2,1-2H3,(H,15,16). The summed E-state index contributed by atoms with van der Waals surface area (Å²) in [7, 11) is 0. The van der Waals surface area contributed by atoms with E-state index in [0.717, 1.165) is 5.56 Å². The quantitative estimate of drug-likeness (QED) is 0.735. The highest BCUT2D eigenvalue weighted by atomic mass is 16.4. The second-order valence-corrected chi connectivity index (χ2v) is 3.94. The maximum atomic E-state index is 12.1. The minimum absolute atomic E-state index is 0.172. The smallest absolute Gasteiger partial charge is 0.305 e. The van der Waals surface area contributed by atoms with Gasteiger partial charge in [0.1, 0.15) is 0 Å². The summed E-state index contributed by atoms with van der Waals surface area (Å²) in [6.07, 6.45) is -0.194. The van der Waals surface area contributed by atoms with Gasteiger partial charge in [-0.3, -0.25) is 9.59 Å². The van der Waals surface area contributed by atoms with Crippen molar-refractivity contribution >= 4 is 11.8 Å². The zero-order valence-electron chi connectivity index (χ0n) is 10.1. The van der Waals surface area contributed by atoms with E-state index in [4.69, 9.17) is 5.11 Å². The molecule has 0 amide bonds. The van der Waals surface area contributed by atoms with E-state index in [0.29, 0.717) is 12.1 Å². The molecular weight excluding hydrogens is 218 g/mol. The van der Waals surface area contributed by atoms with Crippen molar-refractivity contribution in [2.75, 3.05) is 6.54 Å². The van der Waals surface area contributed by atoms with Crippen LogP contribution in [0.3, 0.4) is 0 Å². The lowest BCUT2D eigenvalue weighted by molar-refractivity contribution is -0.137. The van der Waals surface area contributed by atoms with Crippen LogP contribution in [-0.2, 0) is 4.79 Å². The van der Waals surface area contributed by atoms with Gasteiger partial charge in [-0.15, -0.1) is 0 Å². The summed E-state index contributed by atoms with van der Waals surface area (Å²) in [6.45, 7) is 4.35. The molecule has 1 rings (SSSR count). The van der Waals surface area contributed by atoms with Crippen molar-refractivity contribution in [1.29, 1.82) is 0 Å². The average Bonchev–Trinajstić information content (AvgIpc) is 2.28. The SMILES string of the molecule is CCNC(CC(=O)O)C(=O)c1ccc(C)cc1. The minimum Gasteiger partial charge on any atom is -0.481 e. The predicted molar refractivity (Wildman–Crippen MR) is 65.2 cm³/mol. The molecule has 2 N–H and O–H groups in total. The van der Waals surface area contributed by atoms with Crippen molar-refractivity contribution in [1.82, 2.24) is 5.32 Å². The van der Waals surface area contributed by atoms with E-state index in [1.165, 1.54) is 0 Å². The lowest BCUT2D eigenvalue weighted by Crippen LogP contribution is -2.38. The number of likely N-dealkylation sites (N-methyl/N-ethyl adjacent to an activating group) is 1. The maximum Gasteiger partial charge on any atom is 0.305 e. The molecular formula is C13H17NO3. The van der Waals surface area contributed by atoms with Gasteiger partial charge in [0.25, 0.3) is 0 Å². The number of hydrogen-bond acceptors (Lipinski definition) is 3. The number of rotatable bonds is 6. The zero-order valence-corrected chi connectivity index (χ0v) is 10.1. The van der Waals surface area contributed by atoms with Crippen LogP contribution < -0.4 is 5.32 Å². The normalized spacial score (nSPS) is 12.1. The van der Waals surface area contributed by atoms with E-state index in [9.17, 15) is 9.59 Å². The maximum absolute atomic E-state index is 12.1. The molecule has 0 heterocycles. The van der Waals surface area contributed by atoms with Gasteiger partial charge in [0, 0.05) is 5.56 Å². The van der Waals surface area contributed by atoms with Crippen LogP contribution in [0.4, 0.5) is 0 Å². The number of benzene rings is 1. The number of carboxylic acids is 1. The third kappa shape index (κ3) is 4.00. The van der Waals surface area contributed by atoms with Crippen LogP contribution in [0, 0.1) is 6.92 Å². The largest absolute Gasteiger partial charge is 0.481 e. The molecule has 0 fully saturated rings. The molecule has 0 saturated carbocycles. The summed E-state index contributed by atoms with van der Waals surface area (Å²) in [5, 5.41) is 11.7. The van der Waals surface area contributed by atoms with Crippen LogP contribution >= 0.6 is 0 Å². The van der Waals surface area contributed by atoms with Crippen molar-refractivity contribution < 1.29 is 14.7 Å². The Labute approximate surface area is 101 Å². The average molecular weight is 235 g/mol. The van der Waals surface area contributed by atoms with Gasteiger partial charge in [0.2, 0.25) is 0 Å². The van der Waals surface area contributed by atoms with Gasteiger partial charge >= 0.3 is 5.97 Å². The van der Waals surface area contributed by atoms with Gasteiger partial charge in [0.05, 0.1) is 12.5 Å². The molecule has 0 saturated heterocycles. The van der Waals surface area contributed by atoms with Crippen molar-refractivity contribution in [3.8, 4) is 0 Å². The lowest BCUT2D eigenvalue weighted by atomic mass is 10.0. The van der Waals surface area contributed by atoms with Crippen LogP contribution in [0.15, 0.2) is 24.3 Å². The minimum atomic E-state index is -0.976. The molecule has 4 heteroatoms. The third-order valence-corrected chi connectivity index (χ3v) is 2.48. The van der Waals surface area contributed by atoms with Crippen LogP contribution in [-0.4, -0.2) is 29.4 Å². The number of aliphatic carboxylic acids is 1. The van der Waals surface area contributed by atoms with Crippen molar-refractivity contribution in [2.24, 2.45) is 0 Å². The van der Waals surface area contributed by atoms with Gasteiger partial charge in [-0.05, 0) is 13.5 Å². The molecule has 0 aliphatic rings. The molecule has 0 aliphatic carbocycles. The molecule has 0 bridgehead atoms. The lowest BCUT2D eigenvalue weighted by Gasteiger charge is -2.14. The van der Waals surface area contributed by atoms with Gasteiger partial charge in [-0.25, -0.2) is 0 Å². The van der Waals surface area contributed by atoms with E-state index >= 15 is 0 Å². The Morgan fingerprint density at radius 2 is 1.88 bits per heavy atom. The molecule has 0 aliphatic heterocycles. The second kappa shape index (κ2) is 6.15. The molecule has 4 nitrogen and oxygen atoms in total. The van der Waals surface area contributed by atoms with Crippen LogP contribution in [0.25, 0.3) is 0 Å².